The fourth-order valence-electron chi connectivity index (χ4n) is 0.376. The van der Waals surface area contributed by atoms with Crippen molar-refractivity contribution in [2.24, 2.45) is 0 Å². The lowest BCUT2D eigenvalue weighted by Gasteiger charge is -1.83. The number of unbranched alkanes of at least 4 members (excludes halogenated alkanes) is 1. The standard InChI is InChI=1S/C4H9O6P2/c1-2-3-4-8-11(6)10-12(7)9-5/h2-4H2,1H3/q+1/p+1. The molecule has 0 aromatic heterocycles. The molecule has 1 N–H and O–H groups in total. The van der Waals surface area contributed by atoms with Gasteiger partial charge in [0.1, 0.15) is 6.61 Å². The van der Waals surface area contributed by atoms with Crippen LogP contribution < -0.4 is 0 Å². The molecule has 0 aliphatic carbocycles. The van der Waals surface area contributed by atoms with E-state index in [1.807, 2.05) is 6.92 Å². The van der Waals surface area contributed by atoms with Gasteiger partial charge >= 0.3 is 16.5 Å². The van der Waals surface area contributed by atoms with Gasteiger partial charge in [-0.2, -0.15) is 0 Å². The summed E-state index contributed by atoms with van der Waals surface area (Å²) in [6, 6.07) is 0. The van der Waals surface area contributed by atoms with Crippen molar-refractivity contribution in [3.8, 4) is 0 Å². The topological polar surface area (TPSA) is 82.1 Å². The van der Waals surface area contributed by atoms with Gasteiger partial charge in [0.15, 0.2) is 4.31 Å². The van der Waals surface area contributed by atoms with Crippen molar-refractivity contribution in [3.63, 3.8) is 0 Å². The third kappa shape index (κ3) is 6.73. The molecule has 0 aliphatic rings. The smallest absolute Gasteiger partial charge is 0.202 e. The van der Waals surface area contributed by atoms with Crippen molar-refractivity contribution in [2.75, 3.05) is 6.61 Å². The first-order chi connectivity index (χ1) is 5.70. The van der Waals surface area contributed by atoms with Crippen LogP contribution in [-0.4, -0.2) is 11.9 Å². The molecule has 70 valence electrons. The molecule has 2 atom stereocenters. The highest BCUT2D eigenvalue weighted by molar-refractivity contribution is 7.47. The zero-order valence-electron chi connectivity index (χ0n) is 6.50. The minimum Gasteiger partial charge on any atom is -0.202 e. The largest absolute Gasteiger partial charge is 0.778 e. The lowest BCUT2D eigenvalue weighted by molar-refractivity contribution is -0.137. The fraction of sp³-hybridized carbons (Fsp3) is 1.00. The molecule has 0 spiro atoms. The Kier molecular flexibility index (Phi) is 7.70. The summed E-state index contributed by atoms with van der Waals surface area (Å²) in [6.45, 7) is 2.20. The van der Waals surface area contributed by atoms with Crippen molar-refractivity contribution in [1.29, 1.82) is 0 Å². The van der Waals surface area contributed by atoms with Gasteiger partial charge < -0.3 is 0 Å². The predicted octanol–water partition coefficient (Wildman–Crippen LogP) is 2.62. The van der Waals surface area contributed by atoms with Crippen LogP contribution in [0.25, 0.3) is 0 Å². The van der Waals surface area contributed by atoms with Gasteiger partial charge in [0.25, 0.3) is 0 Å². The second-order valence-electron chi connectivity index (χ2n) is 1.80. The lowest BCUT2D eigenvalue weighted by atomic mass is 10.4. The molecular weight excluding hydrogens is 206 g/mol. The van der Waals surface area contributed by atoms with Crippen LogP contribution in [-0.2, 0) is 22.6 Å². The van der Waals surface area contributed by atoms with E-state index < -0.39 is 16.5 Å². The highest BCUT2D eigenvalue weighted by Crippen LogP contribution is 2.38. The van der Waals surface area contributed by atoms with E-state index >= 15 is 0 Å². The Labute approximate surface area is 71.7 Å². The van der Waals surface area contributed by atoms with E-state index in [1.54, 1.807) is 0 Å². The monoisotopic (exact) mass is 216 g/mol. The third-order valence-corrected chi connectivity index (χ3v) is 2.49. The number of hydrogen-bond donors (Lipinski definition) is 1. The van der Waals surface area contributed by atoms with Crippen LogP contribution in [0.3, 0.4) is 0 Å². The Bertz CT molecular complexity index is 160. The first-order valence-electron chi connectivity index (χ1n) is 3.27. The average molecular weight is 216 g/mol. The van der Waals surface area contributed by atoms with E-state index in [2.05, 4.69) is 13.5 Å². The summed E-state index contributed by atoms with van der Waals surface area (Å²) in [4.78, 5) is 0. The van der Waals surface area contributed by atoms with Crippen LogP contribution in [0.1, 0.15) is 19.8 Å². The van der Waals surface area contributed by atoms with Gasteiger partial charge in [-0.3, -0.25) is 0 Å². The third-order valence-electron chi connectivity index (χ3n) is 0.895. The van der Waals surface area contributed by atoms with Crippen molar-refractivity contribution < 1.29 is 27.9 Å². The first kappa shape index (κ1) is 12.0. The maximum atomic E-state index is 10.6. The molecule has 0 rings (SSSR count). The summed E-state index contributed by atoms with van der Waals surface area (Å²) in [7, 11) is -5.20. The Hall–Kier alpha value is 0.0400. The van der Waals surface area contributed by atoms with Crippen LogP contribution in [0.4, 0.5) is 0 Å². The second-order valence-corrected chi connectivity index (χ2v) is 3.77. The normalized spacial score (nSPS) is 12.8. The molecule has 0 aliphatic heterocycles. The Morgan fingerprint density at radius 3 is 2.50 bits per heavy atom. The zero-order valence-corrected chi connectivity index (χ0v) is 8.29. The summed E-state index contributed by atoms with van der Waals surface area (Å²) in [5.74, 6) is 0. The molecule has 0 aromatic carbocycles. The van der Waals surface area contributed by atoms with Crippen LogP contribution in [0.15, 0.2) is 0 Å². The van der Waals surface area contributed by atoms with Gasteiger partial charge in [-0.25, -0.2) is 5.26 Å². The Morgan fingerprint density at radius 1 is 1.33 bits per heavy atom. The molecule has 0 saturated heterocycles. The lowest BCUT2D eigenvalue weighted by Crippen LogP contribution is -1.85. The van der Waals surface area contributed by atoms with Crippen molar-refractivity contribution in [1.82, 2.24) is 0 Å². The van der Waals surface area contributed by atoms with E-state index in [4.69, 9.17) is 5.26 Å². The van der Waals surface area contributed by atoms with Gasteiger partial charge in [-0.1, -0.05) is 13.3 Å². The minimum absolute atomic E-state index is 0.264. The number of hydrogen-bond acceptors (Lipinski definition) is 6. The Morgan fingerprint density at radius 2 is 2.00 bits per heavy atom. The van der Waals surface area contributed by atoms with Gasteiger partial charge in [-0.05, 0) is 6.42 Å². The van der Waals surface area contributed by atoms with Crippen LogP contribution >= 0.6 is 16.5 Å². The van der Waals surface area contributed by atoms with Crippen molar-refractivity contribution in [3.05, 3.63) is 0 Å². The van der Waals surface area contributed by atoms with Crippen molar-refractivity contribution in [2.45, 2.75) is 19.8 Å². The summed E-state index contributed by atoms with van der Waals surface area (Å²) in [6.07, 6.45) is 1.63. The Balaban J connectivity index is 3.40. The average Bonchev–Trinajstić information content (AvgIpc) is 2.05. The minimum atomic E-state index is -2.74. The molecule has 0 amide bonds. The zero-order chi connectivity index (χ0) is 9.40. The first-order valence-corrected chi connectivity index (χ1v) is 5.46. The molecule has 0 aromatic rings. The second kappa shape index (κ2) is 7.68. The molecule has 2 unspecified atom stereocenters. The maximum Gasteiger partial charge on any atom is 0.778 e. The van der Waals surface area contributed by atoms with Gasteiger partial charge in [0.05, 0.1) is 4.67 Å². The molecule has 0 fully saturated rings. The van der Waals surface area contributed by atoms with Crippen LogP contribution in [0.2, 0.25) is 0 Å². The van der Waals surface area contributed by atoms with Gasteiger partial charge in [0.2, 0.25) is 0 Å². The van der Waals surface area contributed by atoms with E-state index in [-0.39, 0.29) is 6.61 Å². The molecule has 0 radical (unpaired) electrons. The predicted molar refractivity (Wildman–Crippen MR) is 40.9 cm³/mol. The molecule has 0 bridgehead atoms. The maximum absolute atomic E-state index is 10.6. The van der Waals surface area contributed by atoms with Crippen molar-refractivity contribution >= 4 is 16.5 Å². The molecule has 6 nitrogen and oxygen atoms in total. The quantitative estimate of drug-likeness (QED) is 0.305. The van der Waals surface area contributed by atoms with Gasteiger partial charge in [-0.15, -0.1) is 4.52 Å². The van der Waals surface area contributed by atoms with E-state index in [0.717, 1.165) is 12.8 Å². The summed E-state index contributed by atoms with van der Waals surface area (Å²) in [5.41, 5.74) is 0. The van der Waals surface area contributed by atoms with E-state index in [9.17, 15) is 9.13 Å². The summed E-state index contributed by atoms with van der Waals surface area (Å²) >= 11 is 0. The molecule has 0 heterocycles. The highest BCUT2D eigenvalue weighted by atomic mass is 31.2. The van der Waals surface area contributed by atoms with E-state index in [0.29, 0.717) is 0 Å². The van der Waals surface area contributed by atoms with Crippen LogP contribution in [0.5, 0.6) is 0 Å². The van der Waals surface area contributed by atoms with Crippen LogP contribution in [0, 0.1) is 0 Å². The number of rotatable bonds is 7. The highest BCUT2D eigenvalue weighted by Gasteiger charge is 2.40. The summed E-state index contributed by atoms with van der Waals surface area (Å²) in [5, 5.41) is 7.76. The fourth-order valence-corrected chi connectivity index (χ4v) is 1.40. The molecule has 0 saturated carbocycles. The molecular formula is C4H10O6P2+2. The summed E-state index contributed by atoms with van der Waals surface area (Å²) < 4.78 is 32.7. The molecule has 12 heavy (non-hydrogen) atoms. The molecule has 8 heteroatoms. The van der Waals surface area contributed by atoms with E-state index in [1.165, 1.54) is 0 Å². The van der Waals surface area contributed by atoms with Gasteiger partial charge in [0, 0.05) is 9.13 Å². The SMILES string of the molecule is CCCCO[P+](=O)O[P+](=O)OO.